The number of aromatic nitrogens is 2. The van der Waals surface area contributed by atoms with Crippen LogP contribution in [0.1, 0.15) is 16.6 Å². The highest BCUT2D eigenvalue weighted by molar-refractivity contribution is 6.32. The van der Waals surface area contributed by atoms with Crippen molar-refractivity contribution >= 4 is 17.6 Å². The molecule has 2 aromatic rings. The number of para-hydroxylation sites is 1. The third kappa shape index (κ3) is 2.73. The lowest BCUT2D eigenvalue weighted by atomic mass is 10.3. The van der Waals surface area contributed by atoms with Crippen LogP contribution in [0.4, 0.5) is 0 Å². The second-order valence-electron chi connectivity index (χ2n) is 3.03. The van der Waals surface area contributed by atoms with Gasteiger partial charge in [0.1, 0.15) is 5.75 Å². The van der Waals surface area contributed by atoms with Crippen LogP contribution >= 0.6 is 11.6 Å². The molecule has 0 saturated heterocycles. The summed E-state index contributed by atoms with van der Waals surface area (Å²) in [5.74, 6) is -1.21. The number of nitrogens with zero attached hydrogens (tertiary/aromatic N) is 2. The summed E-state index contributed by atoms with van der Waals surface area (Å²) in [6, 6.07) is 6.88. The van der Waals surface area contributed by atoms with Gasteiger partial charge in [-0.3, -0.25) is 0 Å². The van der Waals surface area contributed by atoms with Crippen LogP contribution in [0.2, 0.25) is 5.02 Å². The van der Waals surface area contributed by atoms with Gasteiger partial charge < -0.3 is 14.3 Å². The number of hydrogen-bond donors (Lipinski definition) is 1. The zero-order valence-electron chi connectivity index (χ0n) is 8.46. The topological polar surface area (TPSA) is 85.5 Å². The number of ether oxygens (including phenoxy) is 1. The van der Waals surface area contributed by atoms with E-state index in [9.17, 15) is 4.79 Å². The molecule has 0 atom stereocenters. The van der Waals surface area contributed by atoms with Gasteiger partial charge in [0.15, 0.2) is 6.61 Å². The molecule has 17 heavy (non-hydrogen) atoms. The van der Waals surface area contributed by atoms with Crippen LogP contribution in [0.15, 0.2) is 28.7 Å². The predicted octanol–water partition coefficient (Wildman–Crippen LogP) is 2.00. The van der Waals surface area contributed by atoms with Crippen molar-refractivity contribution in [2.24, 2.45) is 0 Å². The Balaban J connectivity index is 2.02. The predicted molar refractivity (Wildman–Crippen MR) is 57.0 cm³/mol. The van der Waals surface area contributed by atoms with Gasteiger partial charge in [0.25, 0.3) is 5.89 Å². The number of carboxylic acids is 1. The number of aromatic carboxylic acids is 1. The van der Waals surface area contributed by atoms with E-state index in [0.29, 0.717) is 10.8 Å². The van der Waals surface area contributed by atoms with Gasteiger partial charge in [-0.15, -0.1) is 10.2 Å². The van der Waals surface area contributed by atoms with Gasteiger partial charge in [-0.2, -0.15) is 0 Å². The highest BCUT2D eigenvalue weighted by Gasteiger charge is 2.13. The summed E-state index contributed by atoms with van der Waals surface area (Å²) in [6.07, 6.45) is 0. The van der Waals surface area contributed by atoms with Gasteiger partial charge in [0.2, 0.25) is 0 Å². The summed E-state index contributed by atoms with van der Waals surface area (Å²) in [5, 5.41) is 15.9. The van der Waals surface area contributed by atoms with Gasteiger partial charge in [0.05, 0.1) is 5.02 Å². The SMILES string of the molecule is O=C(O)c1nnc(COc2ccccc2Cl)o1. The Labute approximate surface area is 101 Å². The molecule has 88 valence electrons. The van der Waals surface area contributed by atoms with E-state index < -0.39 is 11.9 Å². The zero-order valence-corrected chi connectivity index (χ0v) is 9.22. The van der Waals surface area contributed by atoms with Crippen molar-refractivity contribution in [3.63, 3.8) is 0 Å². The fourth-order valence-electron chi connectivity index (χ4n) is 1.10. The third-order valence-electron chi connectivity index (χ3n) is 1.84. The number of carbonyl (C=O) groups is 1. The highest BCUT2D eigenvalue weighted by atomic mass is 35.5. The molecule has 0 saturated carbocycles. The summed E-state index contributed by atoms with van der Waals surface area (Å²) in [5.41, 5.74) is 0. The summed E-state index contributed by atoms with van der Waals surface area (Å²) in [6.45, 7) is -0.0377. The molecule has 0 fully saturated rings. The molecule has 0 aliphatic carbocycles. The van der Waals surface area contributed by atoms with Gasteiger partial charge >= 0.3 is 11.9 Å². The molecule has 0 bridgehead atoms. The molecule has 1 heterocycles. The van der Waals surface area contributed by atoms with Crippen molar-refractivity contribution in [1.29, 1.82) is 0 Å². The van der Waals surface area contributed by atoms with Gasteiger partial charge in [-0.25, -0.2) is 4.79 Å². The minimum Gasteiger partial charge on any atom is -0.482 e. The average molecular weight is 255 g/mol. The smallest absolute Gasteiger partial charge is 0.393 e. The molecule has 1 aromatic carbocycles. The molecule has 7 heteroatoms. The van der Waals surface area contributed by atoms with Gasteiger partial charge in [-0.05, 0) is 12.1 Å². The van der Waals surface area contributed by atoms with E-state index in [1.165, 1.54) is 0 Å². The Hall–Kier alpha value is -2.08. The largest absolute Gasteiger partial charge is 0.482 e. The quantitative estimate of drug-likeness (QED) is 0.898. The monoisotopic (exact) mass is 254 g/mol. The summed E-state index contributed by atoms with van der Waals surface area (Å²) >= 11 is 5.86. The second-order valence-corrected chi connectivity index (χ2v) is 3.43. The first-order valence-electron chi connectivity index (χ1n) is 4.60. The van der Waals surface area contributed by atoms with Crippen molar-refractivity contribution < 1.29 is 19.1 Å². The first-order valence-corrected chi connectivity index (χ1v) is 4.97. The number of rotatable bonds is 4. The van der Waals surface area contributed by atoms with E-state index in [-0.39, 0.29) is 12.5 Å². The molecule has 0 radical (unpaired) electrons. The fourth-order valence-corrected chi connectivity index (χ4v) is 1.29. The van der Waals surface area contributed by atoms with Crippen molar-refractivity contribution in [3.8, 4) is 5.75 Å². The van der Waals surface area contributed by atoms with Crippen LogP contribution in [-0.4, -0.2) is 21.3 Å². The van der Waals surface area contributed by atoms with Gasteiger partial charge in [-0.1, -0.05) is 23.7 Å². The third-order valence-corrected chi connectivity index (χ3v) is 2.15. The molecule has 1 aromatic heterocycles. The van der Waals surface area contributed by atoms with E-state index >= 15 is 0 Å². The molecule has 0 aliphatic rings. The van der Waals surface area contributed by atoms with E-state index in [0.717, 1.165) is 0 Å². The van der Waals surface area contributed by atoms with Crippen LogP contribution in [0.25, 0.3) is 0 Å². The maximum Gasteiger partial charge on any atom is 0.393 e. The minimum absolute atomic E-state index is 0.0377. The zero-order chi connectivity index (χ0) is 12.3. The number of benzene rings is 1. The second kappa shape index (κ2) is 4.84. The van der Waals surface area contributed by atoms with Crippen molar-refractivity contribution in [3.05, 3.63) is 41.1 Å². The molecule has 0 spiro atoms. The number of hydrogen-bond acceptors (Lipinski definition) is 5. The number of carboxylic acid groups (broad SMARTS) is 1. The Morgan fingerprint density at radius 2 is 2.18 bits per heavy atom. The molecular weight excluding hydrogens is 248 g/mol. The van der Waals surface area contributed by atoms with Crippen LogP contribution < -0.4 is 4.74 Å². The molecule has 0 unspecified atom stereocenters. The van der Waals surface area contributed by atoms with E-state index in [2.05, 4.69) is 10.2 Å². The Kier molecular flexibility index (Phi) is 3.24. The summed E-state index contributed by atoms with van der Waals surface area (Å²) < 4.78 is 10.1. The summed E-state index contributed by atoms with van der Waals surface area (Å²) in [4.78, 5) is 10.5. The summed E-state index contributed by atoms with van der Waals surface area (Å²) in [7, 11) is 0. The molecule has 0 aliphatic heterocycles. The first-order chi connectivity index (χ1) is 8.16. The van der Waals surface area contributed by atoms with E-state index in [1.807, 2.05) is 0 Å². The van der Waals surface area contributed by atoms with Crippen LogP contribution in [0.3, 0.4) is 0 Å². The average Bonchev–Trinajstić information content (AvgIpc) is 2.77. The maximum atomic E-state index is 10.5. The lowest BCUT2D eigenvalue weighted by Crippen LogP contribution is -1.96. The lowest BCUT2D eigenvalue weighted by Gasteiger charge is -2.04. The first kappa shape index (κ1) is 11.4. The Morgan fingerprint density at radius 3 is 2.82 bits per heavy atom. The molecule has 2 rings (SSSR count). The fraction of sp³-hybridized carbons (Fsp3) is 0.100. The van der Waals surface area contributed by atoms with Crippen LogP contribution in [-0.2, 0) is 6.61 Å². The van der Waals surface area contributed by atoms with Crippen molar-refractivity contribution in [2.75, 3.05) is 0 Å². The van der Waals surface area contributed by atoms with Crippen molar-refractivity contribution in [2.45, 2.75) is 6.61 Å². The molecule has 0 amide bonds. The molecular formula is C10H7ClN2O4. The Morgan fingerprint density at radius 1 is 1.41 bits per heavy atom. The van der Waals surface area contributed by atoms with E-state index in [1.54, 1.807) is 24.3 Å². The van der Waals surface area contributed by atoms with Gasteiger partial charge in [0, 0.05) is 0 Å². The maximum absolute atomic E-state index is 10.5. The van der Waals surface area contributed by atoms with Crippen molar-refractivity contribution in [1.82, 2.24) is 10.2 Å². The molecule has 1 N–H and O–H groups in total. The Bertz CT molecular complexity index is 541. The lowest BCUT2D eigenvalue weighted by molar-refractivity contribution is 0.0649. The highest BCUT2D eigenvalue weighted by Crippen LogP contribution is 2.23. The molecule has 6 nitrogen and oxygen atoms in total. The number of halogens is 1. The minimum atomic E-state index is -1.28. The standard InChI is InChI=1S/C10H7ClN2O4/c11-6-3-1-2-4-7(6)16-5-8-12-13-9(17-8)10(14)15/h1-4H,5H2,(H,14,15). The van der Waals surface area contributed by atoms with Crippen LogP contribution in [0, 0.1) is 0 Å². The normalized spacial score (nSPS) is 10.2. The van der Waals surface area contributed by atoms with Crippen LogP contribution in [0.5, 0.6) is 5.75 Å². The van der Waals surface area contributed by atoms with E-state index in [4.69, 9.17) is 25.9 Å².